The summed E-state index contributed by atoms with van der Waals surface area (Å²) in [5, 5.41) is 3.95. The third-order valence-corrected chi connectivity index (χ3v) is 13.1. The minimum absolute atomic E-state index is 0.0330. The molecule has 2 aromatic carbocycles. The zero-order valence-electron chi connectivity index (χ0n) is 29.3. The van der Waals surface area contributed by atoms with E-state index in [4.69, 9.17) is 24.5 Å². The highest BCUT2D eigenvalue weighted by Gasteiger charge is 2.50. The Kier molecular flexibility index (Phi) is 13.4. The molecule has 4 aliphatic heterocycles. The zero-order valence-corrected chi connectivity index (χ0v) is 31.0. The van der Waals surface area contributed by atoms with E-state index >= 15 is 0 Å². The molecular formula is C36H45N5O8S2. The van der Waals surface area contributed by atoms with Crippen molar-refractivity contribution in [3.63, 3.8) is 0 Å². The van der Waals surface area contributed by atoms with Gasteiger partial charge < -0.3 is 28.7 Å². The van der Waals surface area contributed by atoms with Crippen molar-refractivity contribution < 1.29 is 38.1 Å². The fraction of sp³-hybridized carbons (Fsp3) is 0.556. The number of thioether (sulfide) groups is 2. The minimum Gasteiger partial charge on any atom is -0.497 e. The van der Waals surface area contributed by atoms with E-state index in [2.05, 4.69) is 10.0 Å². The van der Waals surface area contributed by atoms with Crippen LogP contribution in [0.25, 0.3) is 10.4 Å². The van der Waals surface area contributed by atoms with E-state index in [-0.39, 0.29) is 41.0 Å². The number of rotatable bonds is 13. The van der Waals surface area contributed by atoms with Crippen LogP contribution in [0.5, 0.6) is 11.5 Å². The standard InChI is InChI=1S/C18H22N4O4S.C18H23NO4S/c1-25-13-5-3-11(4-6-13)9-22-16(23)7-12-10-27-15(17(12)22)8-14(20-21-19)18(24)26-2;1-22-14-5-3-12(4-6-14)10-19-16(20)9-13-11-24-15(18(13)19)7-8-17(21)23-2/h3-6,12,14-15,17H,7-10H2,1-2H3;3-6,13,15,18H,7-11H2,1-2H3/t12-,14?,15-,17-;13-,15-,18-/m00/s1. The van der Waals surface area contributed by atoms with Gasteiger partial charge in [0.15, 0.2) is 0 Å². The number of ether oxygens (including phenoxy) is 4. The summed E-state index contributed by atoms with van der Waals surface area (Å²) in [6.45, 7) is 1.14. The second kappa shape index (κ2) is 17.9. The number of carbonyl (C=O) groups is 4. The molecule has 7 atom stereocenters. The maximum absolute atomic E-state index is 12.6. The number of fused-ring (bicyclic) bond motifs is 2. The first-order chi connectivity index (χ1) is 24.7. The van der Waals surface area contributed by atoms with Gasteiger partial charge in [0.25, 0.3) is 0 Å². The van der Waals surface area contributed by atoms with Crippen molar-refractivity contribution in [3.8, 4) is 11.5 Å². The van der Waals surface area contributed by atoms with Gasteiger partial charge in [0, 0.05) is 59.8 Å². The second-order valence-electron chi connectivity index (χ2n) is 13.0. The SMILES string of the molecule is COC(=O)C(C[C@@H]1SC[C@@H]2CC(=O)N(Cc3ccc(OC)cc3)[C@@H]21)N=[N+]=[N-].COC(=O)CC[C@@H]1SC[C@@H]2CC(=O)N(Cc3ccc(OC)cc3)[C@@H]21. The van der Waals surface area contributed by atoms with Crippen LogP contribution in [-0.4, -0.2) is 102 Å². The van der Waals surface area contributed by atoms with Gasteiger partial charge in [-0.15, -0.1) is 0 Å². The molecule has 0 aliphatic carbocycles. The van der Waals surface area contributed by atoms with Gasteiger partial charge in [0.05, 0.1) is 28.4 Å². The molecule has 1 unspecified atom stereocenters. The van der Waals surface area contributed by atoms with E-state index in [1.807, 2.05) is 70.1 Å². The zero-order chi connectivity index (χ0) is 36.5. The van der Waals surface area contributed by atoms with E-state index < -0.39 is 12.0 Å². The Morgan fingerprint density at radius 1 is 0.804 bits per heavy atom. The summed E-state index contributed by atoms with van der Waals surface area (Å²) in [5.74, 6) is 3.76. The molecular weight excluding hydrogens is 695 g/mol. The fourth-order valence-corrected chi connectivity index (χ4v) is 10.8. The molecule has 2 amide bonds. The number of esters is 2. The molecule has 274 valence electrons. The molecule has 6 rings (SSSR count). The van der Waals surface area contributed by atoms with Crippen molar-refractivity contribution >= 4 is 47.3 Å². The Balaban J connectivity index is 0.000000199. The van der Waals surface area contributed by atoms with Crippen molar-refractivity contribution in [2.45, 2.75) is 73.8 Å². The lowest BCUT2D eigenvalue weighted by Gasteiger charge is -2.30. The molecule has 4 fully saturated rings. The fourth-order valence-electron chi connectivity index (χ4n) is 7.46. The summed E-state index contributed by atoms with van der Waals surface area (Å²) in [6, 6.07) is 14.9. The van der Waals surface area contributed by atoms with Crippen LogP contribution in [0.1, 0.15) is 43.2 Å². The van der Waals surface area contributed by atoms with E-state index in [9.17, 15) is 19.2 Å². The number of hydrogen-bond donors (Lipinski definition) is 0. The number of amides is 2. The first-order valence-corrected chi connectivity index (χ1v) is 19.1. The third kappa shape index (κ3) is 9.24. The van der Waals surface area contributed by atoms with E-state index in [0.29, 0.717) is 49.9 Å². The number of likely N-dealkylation sites (tertiary alicyclic amines) is 2. The largest absolute Gasteiger partial charge is 0.497 e. The number of nitrogens with zero attached hydrogens (tertiary/aromatic N) is 5. The lowest BCUT2D eigenvalue weighted by Crippen LogP contribution is -2.41. The highest BCUT2D eigenvalue weighted by atomic mass is 32.2. The Hall–Kier alpha value is -4.07. The summed E-state index contributed by atoms with van der Waals surface area (Å²) in [7, 11) is 5.96. The van der Waals surface area contributed by atoms with Crippen LogP contribution in [0.15, 0.2) is 53.6 Å². The minimum atomic E-state index is -0.866. The van der Waals surface area contributed by atoms with Gasteiger partial charge in [-0.1, -0.05) is 29.4 Å². The van der Waals surface area contributed by atoms with Gasteiger partial charge in [-0.25, -0.2) is 0 Å². The molecule has 0 bridgehead atoms. The van der Waals surface area contributed by atoms with Gasteiger partial charge >= 0.3 is 11.9 Å². The summed E-state index contributed by atoms with van der Waals surface area (Å²) < 4.78 is 19.9. The molecule has 0 saturated carbocycles. The van der Waals surface area contributed by atoms with Crippen LogP contribution in [0, 0.1) is 11.8 Å². The molecule has 2 aromatic rings. The van der Waals surface area contributed by atoms with E-state index in [1.54, 1.807) is 26.0 Å². The third-order valence-electron chi connectivity index (χ3n) is 10.0. The van der Waals surface area contributed by atoms with Crippen molar-refractivity contribution in [2.75, 3.05) is 39.9 Å². The van der Waals surface area contributed by atoms with Crippen LogP contribution in [-0.2, 0) is 41.7 Å². The van der Waals surface area contributed by atoms with Crippen molar-refractivity contribution in [1.29, 1.82) is 0 Å². The van der Waals surface area contributed by atoms with Gasteiger partial charge in [-0.3, -0.25) is 19.2 Å². The smallest absolute Gasteiger partial charge is 0.314 e. The molecule has 0 spiro atoms. The number of azide groups is 1. The molecule has 4 aliphatic rings. The first-order valence-electron chi connectivity index (χ1n) is 17.0. The normalized spacial score (nSPS) is 25.3. The number of carbonyl (C=O) groups excluding carboxylic acids is 4. The van der Waals surface area contributed by atoms with Gasteiger partial charge in [0.1, 0.15) is 17.5 Å². The quantitative estimate of drug-likeness (QED) is 0.115. The van der Waals surface area contributed by atoms with Gasteiger partial charge in [0.2, 0.25) is 11.8 Å². The van der Waals surface area contributed by atoms with Crippen LogP contribution < -0.4 is 9.47 Å². The van der Waals surface area contributed by atoms with Crippen LogP contribution >= 0.6 is 23.5 Å². The second-order valence-corrected chi connectivity index (χ2v) is 15.5. The number of benzene rings is 2. The van der Waals surface area contributed by atoms with Crippen molar-refractivity contribution in [3.05, 3.63) is 70.1 Å². The predicted octanol–water partition coefficient (Wildman–Crippen LogP) is 5.25. The number of hydrogen-bond acceptors (Lipinski definition) is 11. The summed E-state index contributed by atoms with van der Waals surface area (Å²) >= 11 is 3.62. The van der Waals surface area contributed by atoms with E-state index in [1.165, 1.54) is 14.2 Å². The molecule has 13 nitrogen and oxygen atoms in total. The Labute approximate surface area is 306 Å². The number of methoxy groups -OCH3 is 4. The molecule has 0 aromatic heterocycles. The van der Waals surface area contributed by atoms with Crippen LogP contribution in [0.2, 0.25) is 0 Å². The highest BCUT2D eigenvalue weighted by Crippen LogP contribution is 2.46. The summed E-state index contributed by atoms with van der Waals surface area (Å²) in [6.07, 6.45) is 2.71. The molecule has 0 N–H and O–H groups in total. The van der Waals surface area contributed by atoms with Gasteiger partial charge in [-0.05, 0) is 77.1 Å². The average Bonchev–Trinajstić information content (AvgIpc) is 3.89. The molecule has 4 heterocycles. The molecule has 4 saturated heterocycles. The maximum Gasteiger partial charge on any atom is 0.314 e. The van der Waals surface area contributed by atoms with Crippen LogP contribution in [0.3, 0.4) is 0 Å². The lowest BCUT2D eigenvalue weighted by atomic mass is 9.96. The molecule has 15 heteroatoms. The Bertz CT molecular complexity index is 1590. The Morgan fingerprint density at radius 2 is 1.29 bits per heavy atom. The first kappa shape index (κ1) is 38.2. The summed E-state index contributed by atoms with van der Waals surface area (Å²) in [4.78, 5) is 55.0. The topological polar surface area (TPSA) is 160 Å². The predicted molar refractivity (Wildman–Crippen MR) is 194 cm³/mol. The maximum atomic E-state index is 12.6. The Morgan fingerprint density at radius 3 is 1.75 bits per heavy atom. The van der Waals surface area contributed by atoms with Crippen molar-refractivity contribution in [2.24, 2.45) is 17.0 Å². The average molecular weight is 740 g/mol. The van der Waals surface area contributed by atoms with Crippen LogP contribution in [0.4, 0.5) is 0 Å². The van der Waals surface area contributed by atoms with Crippen molar-refractivity contribution in [1.82, 2.24) is 9.80 Å². The molecule has 0 radical (unpaired) electrons. The highest BCUT2D eigenvalue weighted by molar-refractivity contribution is 8.00. The monoisotopic (exact) mass is 739 g/mol. The lowest BCUT2D eigenvalue weighted by molar-refractivity contribution is -0.142. The molecule has 51 heavy (non-hydrogen) atoms. The summed E-state index contributed by atoms with van der Waals surface area (Å²) in [5.41, 5.74) is 10.9. The van der Waals surface area contributed by atoms with E-state index in [0.717, 1.165) is 40.6 Å². The van der Waals surface area contributed by atoms with Gasteiger partial charge in [-0.2, -0.15) is 23.5 Å².